The van der Waals surface area contributed by atoms with Gasteiger partial charge in [-0.15, -0.1) is 5.10 Å². The van der Waals surface area contributed by atoms with E-state index < -0.39 is 0 Å². The predicted molar refractivity (Wildman–Crippen MR) is 81.8 cm³/mol. The van der Waals surface area contributed by atoms with Gasteiger partial charge in [-0.1, -0.05) is 22.8 Å². The predicted octanol–water partition coefficient (Wildman–Crippen LogP) is 1.80. The lowest BCUT2D eigenvalue weighted by Gasteiger charge is -2.05. The van der Waals surface area contributed by atoms with Gasteiger partial charge in [0.05, 0.1) is 0 Å². The fourth-order valence-corrected chi connectivity index (χ4v) is 1.90. The van der Waals surface area contributed by atoms with E-state index >= 15 is 0 Å². The summed E-state index contributed by atoms with van der Waals surface area (Å²) < 4.78 is 12.4. The largest absolute Gasteiger partial charge is 0.484 e. The van der Waals surface area contributed by atoms with Crippen LogP contribution in [0.1, 0.15) is 5.56 Å². The Hall–Kier alpha value is -3.16. The molecule has 0 saturated carbocycles. The summed E-state index contributed by atoms with van der Waals surface area (Å²) in [6.07, 6.45) is 1.62. The van der Waals surface area contributed by atoms with E-state index in [0.717, 1.165) is 5.56 Å². The summed E-state index contributed by atoms with van der Waals surface area (Å²) in [5, 5.41) is 14.1. The number of rotatable bonds is 5. The van der Waals surface area contributed by atoms with Gasteiger partial charge in [-0.3, -0.25) is 14.8 Å². The zero-order chi connectivity index (χ0) is 16.2. The van der Waals surface area contributed by atoms with Crippen LogP contribution in [0.15, 0.2) is 40.9 Å². The quantitative estimate of drug-likeness (QED) is 0.771. The third-order valence-electron chi connectivity index (χ3n) is 3.10. The number of anilines is 1. The van der Waals surface area contributed by atoms with Crippen molar-refractivity contribution in [2.45, 2.75) is 6.92 Å². The van der Waals surface area contributed by atoms with Crippen LogP contribution in [0, 0.1) is 6.92 Å². The smallest absolute Gasteiger partial charge is 0.322 e. The maximum Gasteiger partial charge on any atom is 0.322 e. The maximum atomic E-state index is 11.8. The monoisotopic (exact) mass is 313 g/mol. The number of hydrogen-bond acceptors (Lipinski definition) is 6. The third-order valence-corrected chi connectivity index (χ3v) is 3.10. The number of amides is 1. The van der Waals surface area contributed by atoms with Crippen molar-refractivity contribution < 1.29 is 13.9 Å². The van der Waals surface area contributed by atoms with E-state index in [4.69, 9.17) is 9.15 Å². The molecule has 23 heavy (non-hydrogen) atoms. The first kappa shape index (κ1) is 14.8. The average molecular weight is 313 g/mol. The molecule has 0 bridgehead atoms. The van der Waals surface area contributed by atoms with Crippen LogP contribution < -0.4 is 10.1 Å². The molecule has 3 rings (SSSR count). The zero-order valence-corrected chi connectivity index (χ0v) is 12.7. The number of benzene rings is 1. The third kappa shape index (κ3) is 3.54. The Kier molecular flexibility index (Phi) is 4.05. The van der Waals surface area contributed by atoms with E-state index in [1.165, 1.54) is 0 Å². The molecule has 0 aliphatic heterocycles. The van der Waals surface area contributed by atoms with Crippen LogP contribution in [0.5, 0.6) is 5.75 Å². The van der Waals surface area contributed by atoms with Crippen molar-refractivity contribution in [1.82, 2.24) is 20.0 Å². The van der Waals surface area contributed by atoms with Crippen LogP contribution in [0.2, 0.25) is 0 Å². The molecule has 8 heteroatoms. The number of nitrogens with zero attached hydrogens (tertiary/aromatic N) is 4. The van der Waals surface area contributed by atoms with Crippen LogP contribution in [0.4, 0.5) is 6.01 Å². The number of carbonyl (C=O) groups is 1. The van der Waals surface area contributed by atoms with E-state index in [-0.39, 0.29) is 24.4 Å². The number of carbonyl (C=O) groups excluding carboxylic acids is 1. The van der Waals surface area contributed by atoms with Gasteiger partial charge in [-0.25, -0.2) is 0 Å². The van der Waals surface area contributed by atoms with Crippen molar-refractivity contribution in [1.29, 1.82) is 0 Å². The molecule has 0 radical (unpaired) electrons. The second kappa shape index (κ2) is 6.30. The van der Waals surface area contributed by atoms with Gasteiger partial charge in [-0.2, -0.15) is 5.10 Å². The molecule has 0 saturated heterocycles. The van der Waals surface area contributed by atoms with Gasteiger partial charge in [0.1, 0.15) is 11.4 Å². The van der Waals surface area contributed by atoms with Gasteiger partial charge in [0.2, 0.25) is 0 Å². The summed E-state index contributed by atoms with van der Waals surface area (Å²) in [7, 11) is 1.76. The normalized spacial score (nSPS) is 10.5. The molecule has 1 amide bonds. The van der Waals surface area contributed by atoms with Crippen LogP contribution in [0.25, 0.3) is 11.6 Å². The molecular formula is C15H15N5O3. The molecule has 0 unspecified atom stereocenters. The van der Waals surface area contributed by atoms with E-state index in [2.05, 4.69) is 20.6 Å². The standard InChI is InChI=1S/C15H15N5O3/c1-10-3-5-11(6-4-10)22-9-13(21)17-15-19-18-14(23-15)12-7-8-16-20(12)2/h3-8H,9H2,1-2H3,(H,17,19,21). The Morgan fingerprint density at radius 3 is 2.74 bits per heavy atom. The van der Waals surface area contributed by atoms with Gasteiger partial charge in [-0.05, 0) is 25.1 Å². The highest BCUT2D eigenvalue weighted by atomic mass is 16.5. The van der Waals surface area contributed by atoms with E-state index in [9.17, 15) is 4.79 Å². The molecule has 0 aliphatic carbocycles. The Labute approximate surface area is 132 Å². The number of hydrogen-bond donors (Lipinski definition) is 1. The minimum Gasteiger partial charge on any atom is -0.484 e. The van der Waals surface area contributed by atoms with Gasteiger partial charge >= 0.3 is 6.01 Å². The minimum absolute atomic E-state index is 0.0127. The van der Waals surface area contributed by atoms with Gasteiger partial charge in [0.25, 0.3) is 11.8 Å². The Balaban J connectivity index is 1.57. The summed E-state index contributed by atoms with van der Waals surface area (Å²) in [6.45, 7) is 1.83. The zero-order valence-electron chi connectivity index (χ0n) is 12.7. The Bertz CT molecular complexity index is 807. The van der Waals surface area contributed by atoms with Crippen LogP contribution in [-0.4, -0.2) is 32.5 Å². The number of aryl methyl sites for hydroxylation is 2. The first-order valence-corrected chi connectivity index (χ1v) is 6.93. The molecule has 2 aromatic heterocycles. The van der Waals surface area contributed by atoms with Crippen LogP contribution >= 0.6 is 0 Å². The highest BCUT2D eigenvalue weighted by Crippen LogP contribution is 2.18. The first-order valence-electron chi connectivity index (χ1n) is 6.93. The van der Waals surface area contributed by atoms with Gasteiger partial charge < -0.3 is 9.15 Å². The van der Waals surface area contributed by atoms with Crippen molar-refractivity contribution in [2.75, 3.05) is 11.9 Å². The molecule has 1 aromatic carbocycles. The van der Waals surface area contributed by atoms with Crippen molar-refractivity contribution in [3.05, 3.63) is 42.1 Å². The van der Waals surface area contributed by atoms with Crippen molar-refractivity contribution >= 4 is 11.9 Å². The first-order chi connectivity index (χ1) is 11.1. The Morgan fingerprint density at radius 2 is 2.04 bits per heavy atom. The Morgan fingerprint density at radius 1 is 1.26 bits per heavy atom. The minimum atomic E-state index is -0.384. The lowest BCUT2D eigenvalue weighted by molar-refractivity contribution is -0.118. The second-order valence-corrected chi connectivity index (χ2v) is 4.90. The fourth-order valence-electron chi connectivity index (χ4n) is 1.90. The molecular weight excluding hydrogens is 298 g/mol. The lowest BCUT2D eigenvalue weighted by atomic mass is 10.2. The molecule has 0 atom stereocenters. The molecule has 118 valence electrons. The molecule has 0 aliphatic rings. The van der Waals surface area contributed by atoms with Gasteiger partial charge in [0, 0.05) is 13.2 Å². The average Bonchev–Trinajstić information content (AvgIpc) is 3.15. The molecule has 3 aromatic rings. The molecule has 0 fully saturated rings. The molecule has 8 nitrogen and oxygen atoms in total. The summed E-state index contributed by atoms with van der Waals surface area (Å²) >= 11 is 0. The van der Waals surface area contributed by atoms with Crippen LogP contribution in [0.3, 0.4) is 0 Å². The SMILES string of the molecule is Cc1ccc(OCC(=O)Nc2nnc(-c3ccnn3C)o2)cc1. The van der Waals surface area contributed by atoms with Gasteiger partial charge in [0.15, 0.2) is 6.61 Å². The summed E-state index contributed by atoms with van der Waals surface area (Å²) in [5.74, 6) is 0.511. The molecule has 0 spiro atoms. The van der Waals surface area contributed by atoms with Crippen LogP contribution in [-0.2, 0) is 11.8 Å². The molecule has 2 heterocycles. The summed E-state index contributed by atoms with van der Waals surface area (Å²) in [5.41, 5.74) is 1.78. The van der Waals surface area contributed by atoms with E-state index in [1.54, 1.807) is 36.1 Å². The highest BCUT2D eigenvalue weighted by Gasteiger charge is 2.13. The number of aromatic nitrogens is 4. The van der Waals surface area contributed by atoms with Crippen molar-refractivity contribution in [3.8, 4) is 17.3 Å². The molecule has 1 N–H and O–H groups in total. The summed E-state index contributed by atoms with van der Waals surface area (Å²) in [4.78, 5) is 11.8. The van der Waals surface area contributed by atoms with Crippen molar-refractivity contribution in [3.63, 3.8) is 0 Å². The topological polar surface area (TPSA) is 95.1 Å². The number of ether oxygens (including phenoxy) is 1. The fraction of sp³-hybridized carbons (Fsp3) is 0.200. The second-order valence-electron chi connectivity index (χ2n) is 4.90. The number of nitrogens with one attached hydrogen (secondary N) is 1. The lowest BCUT2D eigenvalue weighted by Crippen LogP contribution is -2.20. The highest BCUT2D eigenvalue weighted by molar-refractivity contribution is 5.89. The van der Waals surface area contributed by atoms with E-state index in [0.29, 0.717) is 11.4 Å². The van der Waals surface area contributed by atoms with Crippen molar-refractivity contribution in [2.24, 2.45) is 7.05 Å². The van der Waals surface area contributed by atoms with E-state index in [1.807, 2.05) is 19.1 Å². The maximum absolute atomic E-state index is 11.8. The summed E-state index contributed by atoms with van der Waals surface area (Å²) in [6, 6.07) is 9.17.